The summed E-state index contributed by atoms with van der Waals surface area (Å²) in [5.41, 5.74) is 2.95. The molecule has 0 aromatic carbocycles. The van der Waals surface area contributed by atoms with Crippen LogP contribution in [-0.4, -0.2) is 0 Å². The lowest BCUT2D eigenvalue weighted by Gasteiger charge is -2.71. The highest BCUT2D eigenvalue weighted by Gasteiger charge is 2.66. The monoisotopic (exact) mass is 414 g/mol. The van der Waals surface area contributed by atoms with E-state index in [0.717, 1.165) is 23.7 Å². The molecule has 4 rings (SSSR count). The van der Waals surface area contributed by atoms with Crippen molar-refractivity contribution < 1.29 is 0 Å². The van der Waals surface area contributed by atoms with E-state index in [9.17, 15) is 0 Å². The molecule has 0 heterocycles. The van der Waals surface area contributed by atoms with Crippen molar-refractivity contribution in [1.29, 1.82) is 0 Å². The third kappa shape index (κ3) is 3.44. The van der Waals surface area contributed by atoms with Gasteiger partial charge in [0.2, 0.25) is 0 Å². The van der Waals surface area contributed by atoms with E-state index in [-0.39, 0.29) is 0 Å². The average molecular weight is 415 g/mol. The van der Waals surface area contributed by atoms with Crippen molar-refractivity contribution >= 4 is 0 Å². The van der Waals surface area contributed by atoms with E-state index in [2.05, 4.69) is 55.4 Å². The van der Waals surface area contributed by atoms with E-state index in [0.29, 0.717) is 27.1 Å². The summed E-state index contributed by atoms with van der Waals surface area (Å²) in [6, 6.07) is 0. The Hall–Kier alpha value is 0. The molecule has 4 fully saturated rings. The molecular weight excluding hydrogens is 360 g/mol. The Balaban J connectivity index is 1.56. The minimum absolute atomic E-state index is 0.563. The van der Waals surface area contributed by atoms with Crippen LogP contribution in [0.2, 0.25) is 0 Å². The van der Waals surface area contributed by atoms with E-state index in [1.807, 2.05) is 0 Å². The van der Waals surface area contributed by atoms with Crippen LogP contribution in [0.5, 0.6) is 0 Å². The lowest BCUT2D eigenvalue weighted by molar-refractivity contribution is -0.223. The van der Waals surface area contributed by atoms with Crippen LogP contribution in [0, 0.1) is 50.7 Å². The second-order valence-corrected chi connectivity index (χ2v) is 14.9. The summed E-state index contributed by atoms with van der Waals surface area (Å²) in [6.07, 6.45) is 19.4. The second-order valence-electron chi connectivity index (χ2n) is 14.9. The molecule has 174 valence electrons. The van der Waals surface area contributed by atoms with Gasteiger partial charge < -0.3 is 0 Å². The summed E-state index contributed by atoms with van der Waals surface area (Å²) in [5.74, 6) is 3.78. The first-order chi connectivity index (χ1) is 13.9. The SMILES string of the molecule is CC(C)CCC[C@]1(C)CC[C@]2(C)[C@H](CC[C@@H]3[C@@]4(C)CCCC(C)(C)[C@@H]4CC[C@]32C)C1. The highest BCUT2D eigenvalue weighted by atomic mass is 14.7. The molecule has 0 amide bonds. The first-order valence-electron chi connectivity index (χ1n) is 13.9. The molecule has 0 bridgehead atoms. The Labute approximate surface area is 189 Å². The lowest BCUT2D eigenvalue weighted by Crippen LogP contribution is -2.63. The molecular formula is C30H54. The molecule has 0 aliphatic heterocycles. The largest absolute Gasteiger partial charge is 0.0628 e. The van der Waals surface area contributed by atoms with Crippen molar-refractivity contribution in [3.8, 4) is 0 Å². The molecule has 0 nitrogen and oxygen atoms in total. The normalized spacial score (nSPS) is 50.5. The molecule has 0 aromatic rings. The van der Waals surface area contributed by atoms with Gasteiger partial charge >= 0.3 is 0 Å². The maximum absolute atomic E-state index is 2.79. The number of rotatable bonds is 4. The topological polar surface area (TPSA) is 0 Å². The van der Waals surface area contributed by atoms with Gasteiger partial charge in [0.15, 0.2) is 0 Å². The summed E-state index contributed by atoms with van der Waals surface area (Å²) >= 11 is 0. The van der Waals surface area contributed by atoms with Gasteiger partial charge in [-0.15, -0.1) is 0 Å². The third-order valence-electron chi connectivity index (χ3n) is 12.4. The van der Waals surface area contributed by atoms with Gasteiger partial charge in [0.25, 0.3) is 0 Å². The highest BCUT2D eigenvalue weighted by molar-refractivity contribution is 5.15. The van der Waals surface area contributed by atoms with E-state index < -0.39 is 0 Å². The molecule has 0 aromatic heterocycles. The summed E-state index contributed by atoms with van der Waals surface area (Å²) in [7, 11) is 0. The molecule has 0 N–H and O–H groups in total. The van der Waals surface area contributed by atoms with Gasteiger partial charge in [-0.3, -0.25) is 0 Å². The standard InChI is InChI=1S/C30H54/c1-22(2)11-9-16-27(5)19-20-29(7)23(21-27)12-13-25-28(6)17-10-15-26(3,4)24(28)14-18-30(25,29)8/h22-25H,9-21H2,1-8H3/t23-,24+,25-,27-,28+,29-,30-/m1/s1. The van der Waals surface area contributed by atoms with E-state index >= 15 is 0 Å². The third-order valence-corrected chi connectivity index (χ3v) is 12.4. The zero-order valence-electron chi connectivity index (χ0n) is 22.0. The fourth-order valence-corrected chi connectivity index (χ4v) is 10.4. The molecule has 0 unspecified atom stereocenters. The Kier molecular flexibility index (Phi) is 5.80. The molecule has 30 heavy (non-hydrogen) atoms. The van der Waals surface area contributed by atoms with Gasteiger partial charge in [-0.1, -0.05) is 74.7 Å². The fraction of sp³-hybridized carbons (Fsp3) is 1.00. The molecule has 4 saturated carbocycles. The Bertz CT molecular complexity index is 630. The summed E-state index contributed by atoms with van der Waals surface area (Å²) in [6.45, 7) is 21.0. The molecule has 4 aliphatic carbocycles. The van der Waals surface area contributed by atoms with Crippen LogP contribution in [-0.2, 0) is 0 Å². The lowest BCUT2D eigenvalue weighted by atomic mass is 9.33. The van der Waals surface area contributed by atoms with Crippen molar-refractivity contribution in [2.24, 2.45) is 50.7 Å². The first kappa shape index (κ1) is 23.2. The predicted octanol–water partition coefficient (Wildman–Crippen LogP) is 9.67. The van der Waals surface area contributed by atoms with Crippen molar-refractivity contribution in [2.45, 2.75) is 139 Å². The van der Waals surface area contributed by atoms with Gasteiger partial charge in [-0.25, -0.2) is 0 Å². The van der Waals surface area contributed by atoms with Crippen LogP contribution in [0.1, 0.15) is 139 Å². The summed E-state index contributed by atoms with van der Waals surface area (Å²) < 4.78 is 0. The molecule has 7 atom stereocenters. The maximum atomic E-state index is 2.79. The van der Waals surface area contributed by atoms with Crippen LogP contribution >= 0.6 is 0 Å². The minimum atomic E-state index is 0.563. The molecule has 0 radical (unpaired) electrons. The molecule has 0 heteroatoms. The van der Waals surface area contributed by atoms with Crippen molar-refractivity contribution in [3.05, 3.63) is 0 Å². The van der Waals surface area contributed by atoms with E-state index in [4.69, 9.17) is 0 Å². The van der Waals surface area contributed by atoms with Gasteiger partial charge in [0.05, 0.1) is 0 Å². The van der Waals surface area contributed by atoms with Crippen LogP contribution in [0.3, 0.4) is 0 Å². The minimum Gasteiger partial charge on any atom is -0.0628 e. The number of fused-ring (bicyclic) bond motifs is 5. The van der Waals surface area contributed by atoms with Crippen LogP contribution in [0.4, 0.5) is 0 Å². The van der Waals surface area contributed by atoms with Crippen LogP contribution < -0.4 is 0 Å². The Morgan fingerprint density at radius 2 is 1.47 bits per heavy atom. The number of hydrogen-bond donors (Lipinski definition) is 0. The average Bonchev–Trinajstić information content (AvgIpc) is 2.62. The highest BCUT2D eigenvalue weighted by Crippen LogP contribution is 2.74. The van der Waals surface area contributed by atoms with Crippen molar-refractivity contribution in [1.82, 2.24) is 0 Å². The van der Waals surface area contributed by atoms with Gasteiger partial charge in [0.1, 0.15) is 0 Å². The number of hydrogen-bond acceptors (Lipinski definition) is 0. The van der Waals surface area contributed by atoms with Crippen molar-refractivity contribution in [2.75, 3.05) is 0 Å². The Morgan fingerprint density at radius 1 is 0.733 bits per heavy atom. The smallest absolute Gasteiger partial charge is 0.0236 e. The van der Waals surface area contributed by atoms with Crippen LogP contribution in [0.25, 0.3) is 0 Å². The van der Waals surface area contributed by atoms with E-state index in [1.54, 1.807) is 0 Å². The van der Waals surface area contributed by atoms with Gasteiger partial charge in [-0.05, 0) is 115 Å². The van der Waals surface area contributed by atoms with Crippen molar-refractivity contribution in [3.63, 3.8) is 0 Å². The van der Waals surface area contributed by atoms with Gasteiger partial charge in [-0.2, -0.15) is 0 Å². The van der Waals surface area contributed by atoms with Gasteiger partial charge in [0, 0.05) is 0 Å². The van der Waals surface area contributed by atoms with E-state index in [1.165, 1.54) is 83.5 Å². The molecule has 0 spiro atoms. The zero-order valence-corrected chi connectivity index (χ0v) is 22.0. The first-order valence-corrected chi connectivity index (χ1v) is 13.9. The predicted molar refractivity (Wildman–Crippen MR) is 132 cm³/mol. The fourth-order valence-electron chi connectivity index (χ4n) is 10.4. The maximum Gasteiger partial charge on any atom is -0.0236 e. The summed E-state index contributed by atoms with van der Waals surface area (Å²) in [5, 5.41) is 0. The summed E-state index contributed by atoms with van der Waals surface area (Å²) in [4.78, 5) is 0. The Morgan fingerprint density at radius 3 is 2.17 bits per heavy atom. The molecule has 0 saturated heterocycles. The second kappa shape index (κ2) is 7.52. The quantitative estimate of drug-likeness (QED) is 0.429. The zero-order chi connectivity index (χ0) is 22.0. The molecule has 4 aliphatic rings. The van der Waals surface area contributed by atoms with Crippen LogP contribution in [0.15, 0.2) is 0 Å².